The number of hydrogen-bond acceptors (Lipinski definition) is 5. The average molecular weight is 536 g/mol. The van der Waals surface area contributed by atoms with Crippen LogP contribution >= 0.6 is 35.3 Å². The molecule has 1 aromatic heterocycles. The fourth-order valence-corrected chi connectivity index (χ4v) is 4.36. The lowest BCUT2D eigenvalue weighted by atomic mass is 10.1. The number of carbonyl (C=O) groups is 1. The summed E-state index contributed by atoms with van der Waals surface area (Å²) in [5.41, 5.74) is 1.30. The van der Waals surface area contributed by atoms with Crippen molar-refractivity contribution < 1.29 is 14.3 Å². The van der Waals surface area contributed by atoms with Crippen LogP contribution in [-0.4, -0.2) is 69.9 Å². The Kier molecular flexibility index (Phi) is 11.3. The van der Waals surface area contributed by atoms with Gasteiger partial charge in [0.2, 0.25) is 5.91 Å². The number of thiophene rings is 1. The highest BCUT2D eigenvalue weighted by Crippen LogP contribution is 2.24. The number of nitrogens with one attached hydrogen (secondary N) is 2. The van der Waals surface area contributed by atoms with Gasteiger partial charge in [-0.1, -0.05) is 0 Å². The Hall–Kier alpha value is -0.910. The smallest absolute Gasteiger partial charge is 0.224 e. The summed E-state index contributed by atoms with van der Waals surface area (Å²) in [4.78, 5) is 20.0. The summed E-state index contributed by atoms with van der Waals surface area (Å²) in [6.45, 7) is 6.18. The molecule has 3 heterocycles. The zero-order valence-electron chi connectivity index (χ0n) is 17.2. The molecule has 1 aromatic rings. The minimum Gasteiger partial charge on any atom is -0.381 e. The predicted octanol–water partition coefficient (Wildman–Crippen LogP) is 2.25. The van der Waals surface area contributed by atoms with E-state index >= 15 is 0 Å². The first-order valence-corrected chi connectivity index (χ1v) is 11.1. The van der Waals surface area contributed by atoms with E-state index in [0.717, 1.165) is 71.3 Å². The van der Waals surface area contributed by atoms with Crippen molar-refractivity contribution in [3.05, 3.63) is 21.9 Å². The van der Waals surface area contributed by atoms with Crippen LogP contribution in [0.3, 0.4) is 0 Å². The molecule has 7 nitrogen and oxygen atoms in total. The van der Waals surface area contributed by atoms with Gasteiger partial charge in [-0.2, -0.15) is 0 Å². The minimum absolute atomic E-state index is 0. The van der Waals surface area contributed by atoms with Crippen LogP contribution in [0.1, 0.15) is 29.7 Å². The molecule has 1 fully saturated rings. The molecule has 2 N–H and O–H groups in total. The fourth-order valence-electron chi connectivity index (χ4n) is 3.47. The van der Waals surface area contributed by atoms with Crippen molar-refractivity contribution in [3.8, 4) is 0 Å². The zero-order chi connectivity index (χ0) is 19.6. The molecule has 0 saturated carbocycles. The Morgan fingerprint density at radius 2 is 2.28 bits per heavy atom. The van der Waals surface area contributed by atoms with Gasteiger partial charge < -0.3 is 25.0 Å². The molecule has 2 aliphatic rings. The van der Waals surface area contributed by atoms with Crippen LogP contribution in [0.25, 0.3) is 0 Å². The largest absolute Gasteiger partial charge is 0.381 e. The first-order chi connectivity index (χ1) is 13.8. The highest BCUT2D eigenvalue weighted by atomic mass is 127. The first-order valence-electron chi connectivity index (χ1n) is 10.2. The molecule has 29 heavy (non-hydrogen) atoms. The third-order valence-corrected chi connectivity index (χ3v) is 6.17. The summed E-state index contributed by atoms with van der Waals surface area (Å²) in [5, 5.41) is 8.61. The third-order valence-electron chi connectivity index (χ3n) is 5.15. The van der Waals surface area contributed by atoms with E-state index < -0.39 is 0 Å². The van der Waals surface area contributed by atoms with Crippen molar-refractivity contribution >= 4 is 47.2 Å². The Morgan fingerprint density at radius 3 is 3.07 bits per heavy atom. The van der Waals surface area contributed by atoms with Gasteiger partial charge in [-0.05, 0) is 36.3 Å². The topological polar surface area (TPSA) is 75.2 Å². The molecule has 1 atom stereocenters. The Bertz CT molecular complexity index is 649. The van der Waals surface area contributed by atoms with Crippen molar-refractivity contribution in [2.24, 2.45) is 10.9 Å². The van der Waals surface area contributed by atoms with E-state index in [4.69, 9.17) is 9.47 Å². The van der Waals surface area contributed by atoms with Crippen molar-refractivity contribution in [2.45, 2.75) is 32.2 Å². The van der Waals surface area contributed by atoms with E-state index in [1.807, 2.05) is 4.90 Å². The molecular formula is C20H33IN4O3S. The summed E-state index contributed by atoms with van der Waals surface area (Å²) in [6, 6.07) is 2.13. The first kappa shape index (κ1) is 24.4. The van der Waals surface area contributed by atoms with Crippen molar-refractivity contribution in [1.29, 1.82) is 0 Å². The predicted molar refractivity (Wildman–Crippen MR) is 127 cm³/mol. The number of aliphatic imine (C=N–C) groups is 1. The number of nitrogens with zero attached hydrogens (tertiary/aromatic N) is 2. The van der Waals surface area contributed by atoms with E-state index in [9.17, 15) is 4.79 Å². The second-order valence-corrected chi connectivity index (χ2v) is 8.27. The number of guanidine groups is 1. The number of ether oxygens (including phenoxy) is 2. The standard InChI is InChI=1S/C20H32N4O3S.HI/c1-21-20(22-7-2-10-26-14-16-5-11-27-15-16)23-8-3-19(25)24-9-4-18-17(13-24)6-12-28-18;/h6,12,16H,2-5,7-11,13-15H2,1H3,(H2,21,22,23);1H. The van der Waals surface area contributed by atoms with Crippen molar-refractivity contribution in [1.82, 2.24) is 15.5 Å². The van der Waals surface area contributed by atoms with E-state index in [1.165, 1.54) is 10.4 Å². The van der Waals surface area contributed by atoms with Crippen molar-refractivity contribution in [3.63, 3.8) is 0 Å². The number of rotatable bonds is 9. The summed E-state index contributed by atoms with van der Waals surface area (Å²) < 4.78 is 11.0. The quantitative estimate of drug-likeness (QED) is 0.219. The normalized spacial score (nSPS) is 18.9. The van der Waals surface area contributed by atoms with Gasteiger partial charge in [0, 0.05) is 63.7 Å². The molecular weight excluding hydrogens is 503 g/mol. The van der Waals surface area contributed by atoms with E-state index in [2.05, 4.69) is 27.1 Å². The molecule has 3 rings (SSSR count). The molecule has 1 unspecified atom stereocenters. The highest BCUT2D eigenvalue weighted by molar-refractivity contribution is 14.0. The van der Waals surface area contributed by atoms with Crippen molar-refractivity contribution in [2.75, 3.05) is 53.1 Å². The maximum Gasteiger partial charge on any atom is 0.224 e. The summed E-state index contributed by atoms with van der Waals surface area (Å²) in [6.07, 6.45) is 3.49. The number of halogens is 1. The molecule has 1 saturated heterocycles. The Labute approximate surface area is 194 Å². The molecule has 0 aliphatic carbocycles. The van der Waals surface area contributed by atoms with Crippen LogP contribution in [-0.2, 0) is 27.2 Å². The number of carbonyl (C=O) groups excluding carboxylic acids is 1. The second-order valence-electron chi connectivity index (χ2n) is 7.27. The molecule has 164 valence electrons. The molecule has 0 spiro atoms. The van der Waals surface area contributed by atoms with Gasteiger partial charge in [-0.15, -0.1) is 35.3 Å². The molecule has 9 heteroatoms. The van der Waals surface area contributed by atoms with Gasteiger partial charge in [0.25, 0.3) is 0 Å². The van der Waals surface area contributed by atoms with Gasteiger partial charge in [-0.25, -0.2) is 0 Å². The SMILES string of the molecule is CN=C(NCCCOCC1CCOC1)NCCC(=O)N1CCc2sccc2C1.I. The lowest BCUT2D eigenvalue weighted by Gasteiger charge is -2.27. The van der Waals surface area contributed by atoms with Gasteiger partial charge in [0.1, 0.15) is 0 Å². The van der Waals surface area contributed by atoms with Gasteiger partial charge in [0.05, 0.1) is 13.2 Å². The minimum atomic E-state index is 0. The third kappa shape index (κ3) is 8.03. The number of hydrogen-bond donors (Lipinski definition) is 2. The van der Waals surface area contributed by atoms with Gasteiger partial charge >= 0.3 is 0 Å². The lowest BCUT2D eigenvalue weighted by Crippen LogP contribution is -2.41. The number of fused-ring (bicyclic) bond motifs is 1. The molecule has 0 radical (unpaired) electrons. The maximum atomic E-state index is 12.4. The Morgan fingerprint density at radius 1 is 1.41 bits per heavy atom. The molecule has 0 bridgehead atoms. The average Bonchev–Trinajstić information content (AvgIpc) is 3.40. The Balaban J connectivity index is 0.00000300. The molecule has 1 amide bonds. The lowest BCUT2D eigenvalue weighted by molar-refractivity contribution is -0.131. The van der Waals surface area contributed by atoms with E-state index in [1.54, 1.807) is 18.4 Å². The van der Waals surface area contributed by atoms with Gasteiger partial charge in [-0.3, -0.25) is 9.79 Å². The van der Waals surface area contributed by atoms with E-state index in [-0.39, 0.29) is 29.9 Å². The zero-order valence-corrected chi connectivity index (χ0v) is 20.3. The van der Waals surface area contributed by atoms with Crippen LogP contribution in [0.2, 0.25) is 0 Å². The number of amides is 1. The summed E-state index contributed by atoms with van der Waals surface area (Å²) in [5.74, 6) is 1.49. The van der Waals surface area contributed by atoms with Crippen LogP contribution in [0.5, 0.6) is 0 Å². The van der Waals surface area contributed by atoms with E-state index in [0.29, 0.717) is 18.9 Å². The van der Waals surface area contributed by atoms with Gasteiger partial charge in [0.15, 0.2) is 5.96 Å². The molecule has 0 aromatic carbocycles. The molecule has 2 aliphatic heterocycles. The fraction of sp³-hybridized carbons (Fsp3) is 0.700. The highest BCUT2D eigenvalue weighted by Gasteiger charge is 2.21. The monoisotopic (exact) mass is 536 g/mol. The second kappa shape index (κ2) is 13.4. The summed E-state index contributed by atoms with van der Waals surface area (Å²) >= 11 is 1.79. The van der Waals surface area contributed by atoms with Crippen LogP contribution in [0, 0.1) is 5.92 Å². The van der Waals surface area contributed by atoms with Crippen LogP contribution in [0.15, 0.2) is 16.4 Å². The summed E-state index contributed by atoms with van der Waals surface area (Å²) in [7, 11) is 1.75. The maximum absolute atomic E-state index is 12.4. The van der Waals surface area contributed by atoms with Crippen LogP contribution in [0.4, 0.5) is 0 Å². The van der Waals surface area contributed by atoms with Crippen LogP contribution < -0.4 is 10.6 Å².